The van der Waals surface area contributed by atoms with Gasteiger partial charge in [0.25, 0.3) is 0 Å². The average molecular weight is 325 g/mol. The van der Waals surface area contributed by atoms with Crippen LogP contribution in [0.5, 0.6) is 0 Å². The van der Waals surface area contributed by atoms with E-state index >= 15 is 0 Å². The van der Waals surface area contributed by atoms with Crippen LogP contribution in [0.15, 0.2) is 36.7 Å². The van der Waals surface area contributed by atoms with Crippen LogP contribution in [0.4, 0.5) is 5.82 Å². The van der Waals surface area contributed by atoms with Crippen LogP contribution >= 0.6 is 0 Å². The van der Waals surface area contributed by atoms with E-state index < -0.39 is 0 Å². The molecular formula is C19H27N5. The first-order valence-electron chi connectivity index (χ1n) is 8.73. The summed E-state index contributed by atoms with van der Waals surface area (Å²) >= 11 is 0. The van der Waals surface area contributed by atoms with Gasteiger partial charge in [0, 0.05) is 18.5 Å². The molecule has 0 saturated carbocycles. The highest BCUT2D eigenvalue weighted by Gasteiger charge is 2.18. The molecule has 1 aliphatic heterocycles. The minimum Gasteiger partial charge on any atom is -0.363 e. The highest BCUT2D eigenvalue weighted by molar-refractivity contribution is 5.48. The first kappa shape index (κ1) is 16.9. The van der Waals surface area contributed by atoms with Crippen LogP contribution in [-0.2, 0) is 12.8 Å². The number of nitrogens with one attached hydrogen (secondary N) is 2. The summed E-state index contributed by atoms with van der Waals surface area (Å²) in [6, 6.07) is 10.9. The molecule has 0 bridgehead atoms. The largest absolute Gasteiger partial charge is 0.363 e. The summed E-state index contributed by atoms with van der Waals surface area (Å²) in [5.74, 6) is 0.997. The second-order valence-electron chi connectivity index (χ2n) is 6.60. The molecule has 5 nitrogen and oxygen atoms in total. The van der Waals surface area contributed by atoms with Crippen molar-refractivity contribution >= 4 is 5.82 Å². The lowest BCUT2D eigenvalue weighted by Gasteiger charge is -2.23. The maximum absolute atomic E-state index is 4.56. The quantitative estimate of drug-likeness (QED) is 0.853. The molecule has 0 unspecified atom stereocenters. The van der Waals surface area contributed by atoms with Gasteiger partial charge in [-0.25, -0.2) is 9.97 Å². The molecule has 5 heteroatoms. The van der Waals surface area contributed by atoms with Gasteiger partial charge in [-0.1, -0.05) is 30.3 Å². The molecule has 1 aliphatic rings. The second kappa shape index (κ2) is 8.22. The van der Waals surface area contributed by atoms with Gasteiger partial charge in [0.05, 0.1) is 11.7 Å². The Morgan fingerprint density at radius 2 is 1.92 bits per heavy atom. The molecule has 2 N–H and O–H groups in total. The van der Waals surface area contributed by atoms with Crippen molar-refractivity contribution < 1.29 is 0 Å². The zero-order valence-corrected chi connectivity index (χ0v) is 14.6. The van der Waals surface area contributed by atoms with Crippen LogP contribution in [0.1, 0.15) is 29.3 Å². The van der Waals surface area contributed by atoms with Gasteiger partial charge in [0.1, 0.15) is 12.1 Å². The molecule has 1 aromatic carbocycles. The van der Waals surface area contributed by atoms with Crippen LogP contribution in [0.3, 0.4) is 0 Å². The second-order valence-corrected chi connectivity index (χ2v) is 6.60. The molecule has 24 heavy (non-hydrogen) atoms. The fourth-order valence-corrected chi connectivity index (χ4v) is 3.16. The van der Waals surface area contributed by atoms with Crippen molar-refractivity contribution in [3.8, 4) is 0 Å². The number of fused-ring (bicyclic) bond motifs is 1. The van der Waals surface area contributed by atoms with E-state index in [0.717, 1.165) is 44.7 Å². The molecule has 0 saturated heterocycles. The normalized spacial score (nSPS) is 15.6. The molecule has 2 aromatic rings. The SMILES string of the molecule is CN(C)CC[C@H](Nc1ncnc2c1CCNCC2)c1ccccc1. The van der Waals surface area contributed by atoms with Crippen LogP contribution < -0.4 is 10.6 Å². The van der Waals surface area contributed by atoms with Crippen molar-refractivity contribution in [1.82, 2.24) is 20.2 Å². The van der Waals surface area contributed by atoms with E-state index in [1.54, 1.807) is 6.33 Å². The molecule has 0 amide bonds. The van der Waals surface area contributed by atoms with E-state index in [1.165, 1.54) is 16.8 Å². The van der Waals surface area contributed by atoms with Crippen LogP contribution in [0.25, 0.3) is 0 Å². The maximum Gasteiger partial charge on any atom is 0.133 e. The Morgan fingerprint density at radius 3 is 2.71 bits per heavy atom. The lowest BCUT2D eigenvalue weighted by atomic mass is 10.0. The Kier molecular flexibility index (Phi) is 5.77. The predicted molar refractivity (Wildman–Crippen MR) is 98.3 cm³/mol. The number of aromatic nitrogens is 2. The van der Waals surface area contributed by atoms with E-state index in [9.17, 15) is 0 Å². The first-order chi connectivity index (χ1) is 11.7. The van der Waals surface area contributed by atoms with Gasteiger partial charge in [-0.05, 0) is 45.6 Å². The van der Waals surface area contributed by atoms with Gasteiger partial charge < -0.3 is 15.5 Å². The fourth-order valence-electron chi connectivity index (χ4n) is 3.16. The smallest absolute Gasteiger partial charge is 0.133 e. The standard InChI is InChI=1S/C19H27N5/c1-24(2)13-10-17(15-6-4-3-5-7-15)23-19-16-8-11-20-12-9-18(16)21-14-22-19/h3-7,14,17,20H,8-13H2,1-2H3,(H,21,22,23)/t17-/m0/s1. The number of hydrogen-bond donors (Lipinski definition) is 2. The third-order valence-electron chi connectivity index (χ3n) is 4.50. The van der Waals surface area contributed by atoms with Crippen molar-refractivity contribution in [3.63, 3.8) is 0 Å². The van der Waals surface area contributed by atoms with Gasteiger partial charge in [-0.2, -0.15) is 0 Å². The van der Waals surface area contributed by atoms with Gasteiger partial charge in [0.2, 0.25) is 0 Å². The summed E-state index contributed by atoms with van der Waals surface area (Å²) < 4.78 is 0. The molecule has 0 spiro atoms. The molecular weight excluding hydrogens is 298 g/mol. The van der Waals surface area contributed by atoms with Crippen molar-refractivity contribution in [2.24, 2.45) is 0 Å². The van der Waals surface area contributed by atoms with Gasteiger partial charge in [-0.15, -0.1) is 0 Å². The summed E-state index contributed by atoms with van der Waals surface area (Å²) in [5, 5.41) is 7.15. The van der Waals surface area contributed by atoms with E-state index in [2.05, 4.69) is 69.9 Å². The number of benzene rings is 1. The molecule has 3 rings (SSSR count). The monoisotopic (exact) mass is 325 g/mol. The number of hydrogen-bond acceptors (Lipinski definition) is 5. The summed E-state index contributed by atoms with van der Waals surface area (Å²) in [7, 11) is 4.23. The van der Waals surface area contributed by atoms with E-state index in [-0.39, 0.29) is 6.04 Å². The number of anilines is 1. The zero-order chi connectivity index (χ0) is 16.8. The van der Waals surface area contributed by atoms with Crippen LogP contribution in [0, 0.1) is 0 Å². The van der Waals surface area contributed by atoms with Crippen molar-refractivity contribution in [2.75, 3.05) is 39.0 Å². The third kappa shape index (κ3) is 4.30. The van der Waals surface area contributed by atoms with Gasteiger partial charge >= 0.3 is 0 Å². The van der Waals surface area contributed by atoms with Crippen molar-refractivity contribution in [3.05, 3.63) is 53.5 Å². The van der Waals surface area contributed by atoms with Crippen molar-refractivity contribution in [1.29, 1.82) is 0 Å². The maximum atomic E-state index is 4.56. The minimum atomic E-state index is 0.254. The number of rotatable bonds is 6. The zero-order valence-electron chi connectivity index (χ0n) is 14.6. The molecule has 0 radical (unpaired) electrons. The minimum absolute atomic E-state index is 0.254. The molecule has 1 atom stereocenters. The van der Waals surface area contributed by atoms with Gasteiger partial charge in [0.15, 0.2) is 0 Å². The van der Waals surface area contributed by atoms with Crippen LogP contribution in [0.2, 0.25) is 0 Å². The molecule has 2 heterocycles. The summed E-state index contributed by atoms with van der Waals surface area (Å²) in [6.45, 7) is 3.01. The van der Waals surface area contributed by atoms with E-state index in [1.807, 2.05) is 0 Å². The lowest BCUT2D eigenvalue weighted by molar-refractivity contribution is 0.387. The van der Waals surface area contributed by atoms with E-state index in [4.69, 9.17) is 0 Å². The first-order valence-corrected chi connectivity index (χ1v) is 8.73. The number of nitrogens with zero attached hydrogens (tertiary/aromatic N) is 3. The molecule has 0 fully saturated rings. The van der Waals surface area contributed by atoms with Crippen molar-refractivity contribution in [2.45, 2.75) is 25.3 Å². The molecule has 128 valence electrons. The predicted octanol–water partition coefficient (Wildman–Crippen LogP) is 2.27. The Balaban J connectivity index is 1.84. The topological polar surface area (TPSA) is 53.1 Å². The summed E-state index contributed by atoms with van der Waals surface area (Å²) in [4.78, 5) is 11.3. The van der Waals surface area contributed by atoms with E-state index in [0.29, 0.717) is 0 Å². The fraction of sp³-hybridized carbons (Fsp3) is 0.474. The third-order valence-corrected chi connectivity index (χ3v) is 4.50. The highest BCUT2D eigenvalue weighted by Crippen LogP contribution is 2.26. The molecule has 0 aliphatic carbocycles. The average Bonchev–Trinajstić information content (AvgIpc) is 2.85. The summed E-state index contributed by atoms with van der Waals surface area (Å²) in [6.07, 6.45) is 4.68. The Hall–Kier alpha value is -1.98. The van der Waals surface area contributed by atoms with Crippen LogP contribution in [-0.4, -0.2) is 48.6 Å². The highest BCUT2D eigenvalue weighted by atomic mass is 15.1. The van der Waals surface area contributed by atoms with Gasteiger partial charge in [-0.3, -0.25) is 0 Å². The Labute approximate surface area is 144 Å². The Morgan fingerprint density at radius 1 is 1.12 bits per heavy atom. The Bertz CT molecular complexity index is 641. The molecule has 1 aromatic heterocycles. The summed E-state index contributed by atoms with van der Waals surface area (Å²) in [5.41, 5.74) is 3.75. The lowest BCUT2D eigenvalue weighted by Crippen LogP contribution is -2.21.